The molecule has 0 saturated heterocycles. The third-order valence-electron chi connectivity index (χ3n) is 6.31. The van der Waals surface area contributed by atoms with Crippen LogP contribution in [0.15, 0.2) is 77.6 Å². The maximum Gasteiger partial charge on any atom is 0.266 e. The van der Waals surface area contributed by atoms with Gasteiger partial charge < -0.3 is 4.90 Å². The first-order valence-corrected chi connectivity index (χ1v) is 11.9. The van der Waals surface area contributed by atoms with Gasteiger partial charge in [0.2, 0.25) is 0 Å². The third-order valence-corrected chi connectivity index (χ3v) is 6.31. The second-order valence-corrected chi connectivity index (χ2v) is 8.81. The molecule has 1 aromatic heterocycles. The molecule has 34 heavy (non-hydrogen) atoms. The predicted octanol–water partition coefficient (Wildman–Crippen LogP) is 6.01. The van der Waals surface area contributed by atoms with E-state index in [1.54, 1.807) is 10.6 Å². The Hall–Kier alpha value is -3.73. The fraction of sp³-hybridized carbons (Fsp3) is 0.276. The molecule has 5 heteroatoms. The zero-order valence-electron chi connectivity index (χ0n) is 20.3. The van der Waals surface area contributed by atoms with E-state index in [1.165, 1.54) is 0 Å². The molecule has 0 aliphatic heterocycles. The van der Waals surface area contributed by atoms with Gasteiger partial charge in [-0.1, -0.05) is 61.4 Å². The number of unbranched alkanes of at least 4 members (excludes halogenated alkanes) is 1. The number of benzene rings is 3. The van der Waals surface area contributed by atoms with Gasteiger partial charge in [0.1, 0.15) is 5.82 Å². The summed E-state index contributed by atoms with van der Waals surface area (Å²) in [4.78, 5) is 34.2. The van der Waals surface area contributed by atoms with Crippen molar-refractivity contribution in [2.24, 2.45) is 0 Å². The first kappa shape index (κ1) is 23.4. The monoisotopic (exact) mass is 453 g/mol. The molecule has 174 valence electrons. The number of hydrogen-bond donors (Lipinski definition) is 0. The van der Waals surface area contributed by atoms with E-state index in [0.29, 0.717) is 28.8 Å². The Bertz CT molecular complexity index is 1370. The van der Waals surface area contributed by atoms with Gasteiger partial charge in [-0.05, 0) is 63.1 Å². The largest absolute Gasteiger partial charge is 0.329 e. The number of aryl methyl sites for hydroxylation is 2. The van der Waals surface area contributed by atoms with E-state index in [1.807, 2.05) is 92.4 Å². The molecular weight excluding hydrogens is 422 g/mol. The number of hydrogen-bond acceptors (Lipinski definition) is 3. The van der Waals surface area contributed by atoms with Crippen LogP contribution in [-0.2, 0) is 0 Å². The van der Waals surface area contributed by atoms with Crippen molar-refractivity contribution in [1.29, 1.82) is 0 Å². The van der Waals surface area contributed by atoms with Crippen molar-refractivity contribution in [2.75, 3.05) is 6.54 Å². The molecule has 4 rings (SSSR count). The number of para-hydroxylation sites is 2. The molecule has 1 amide bonds. The number of carbonyl (C=O) groups excluding carboxylic acids is 1. The van der Waals surface area contributed by atoms with Crippen LogP contribution in [0.2, 0.25) is 0 Å². The van der Waals surface area contributed by atoms with Crippen LogP contribution in [0, 0.1) is 13.8 Å². The second-order valence-electron chi connectivity index (χ2n) is 8.81. The Labute approximate surface area is 200 Å². The van der Waals surface area contributed by atoms with Crippen molar-refractivity contribution in [3.8, 4) is 5.69 Å². The zero-order valence-corrected chi connectivity index (χ0v) is 20.3. The molecule has 0 N–H and O–H groups in total. The zero-order chi connectivity index (χ0) is 24.2. The van der Waals surface area contributed by atoms with Gasteiger partial charge in [0, 0.05) is 12.1 Å². The molecule has 1 unspecified atom stereocenters. The molecule has 0 spiro atoms. The average molecular weight is 454 g/mol. The Balaban J connectivity index is 1.91. The molecule has 3 aromatic carbocycles. The third kappa shape index (κ3) is 4.51. The normalized spacial score (nSPS) is 12.0. The number of rotatable bonds is 7. The molecule has 0 bridgehead atoms. The molecule has 0 fully saturated rings. The van der Waals surface area contributed by atoms with Crippen LogP contribution in [0.25, 0.3) is 16.6 Å². The standard InChI is InChI=1S/C29H31N3O2/c1-5-6-19-31(28(33)23-17-15-20(2)16-18-23)22(4)27-30-25-13-9-8-12-24(25)29(34)32(27)26-14-10-7-11-21(26)3/h7-18,22H,5-6,19H2,1-4H3. The molecule has 0 aliphatic carbocycles. The predicted molar refractivity (Wildman–Crippen MR) is 138 cm³/mol. The molecule has 0 saturated carbocycles. The van der Waals surface area contributed by atoms with Crippen molar-refractivity contribution in [2.45, 2.75) is 46.6 Å². The summed E-state index contributed by atoms with van der Waals surface area (Å²) in [6, 6.07) is 22.4. The SMILES string of the molecule is CCCCN(C(=O)c1ccc(C)cc1)C(C)c1nc2ccccc2c(=O)n1-c1ccccc1C. The van der Waals surface area contributed by atoms with E-state index in [-0.39, 0.29) is 11.5 Å². The van der Waals surface area contributed by atoms with Crippen LogP contribution in [-0.4, -0.2) is 26.9 Å². The maximum atomic E-state index is 13.7. The molecule has 4 aromatic rings. The average Bonchev–Trinajstić information content (AvgIpc) is 2.85. The van der Waals surface area contributed by atoms with E-state index in [9.17, 15) is 9.59 Å². The van der Waals surface area contributed by atoms with Gasteiger partial charge >= 0.3 is 0 Å². The summed E-state index contributed by atoms with van der Waals surface area (Å²) in [6.07, 6.45) is 1.82. The summed E-state index contributed by atoms with van der Waals surface area (Å²) >= 11 is 0. The van der Waals surface area contributed by atoms with Crippen LogP contribution < -0.4 is 5.56 Å². The summed E-state index contributed by atoms with van der Waals surface area (Å²) in [5.41, 5.74) is 4.01. The molecule has 1 heterocycles. The Kier molecular flexibility index (Phi) is 6.92. The van der Waals surface area contributed by atoms with Crippen molar-refractivity contribution < 1.29 is 4.79 Å². The summed E-state index contributed by atoms with van der Waals surface area (Å²) < 4.78 is 1.68. The lowest BCUT2D eigenvalue weighted by Gasteiger charge is -2.31. The fourth-order valence-electron chi connectivity index (χ4n) is 4.28. The van der Waals surface area contributed by atoms with Crippen molar-refractivity contribution in [3.63, 3.8) is 0 Å². The Morgan fingerprint density at radius 2 is 1.65 bits per heavy atom. The Morgan fingerprint density at radius 3 is 2.35 bits per heavy atom. The summed E-state index contributed by atoms with van der Waals surface area (Å²) in [5.74, 6) is 0.509. The highest BCUT2D eigenvalue weighted by atomic mass is 16.2. The van der Waals surface area contributed by atoms with Gasteiger partial charge in [0.15, 0.2) is 0 Å². The summed E-state index contributed by atoms with van der Waals surface area (Å²) in [5, 5.41) is 0.562. The van der Waals surface area contributed by atoms with Crippen LogP contribution in [0.1, 0.15) is 60.0 Å². The lowest BCUT2D eigenvalue weighted by Crippen LogP contribution is -2.38. The van der Waals surface area contributed by atoms with E-state index in [0.717, 1.165) is 29.7 Å². The first-order chi connectivity index (χ1) is 16.4. The first-order valence-electron chi connectivity index (χ1n) is 11.9. The lowest BCUT2D eigenvalue weighted by atomic mass is 10.1. The second kappa shape index (κ2) is 10.0. The van der Waals surface area contributed by atoms with Gasteiger partial charge in [-0.2, -0.15) is 0 Å². The molecule has 0 aliphatic rings. The number of aromatic nitrogens is 2. The maximum absolute atomic E-state index is 13.7. The topological polar surface area (TPSA) is 55.2 Å². The minimum absolute atomic E-state index is 0.0558. The van der Waals surface area contributed by atoms with E-state index in [2.05, 4.69) is 6.92 Å². The van der Waals surface area contributed by atoms with Crippen molar-refractivity contribution >= 4 is 16.8 Å². The van der Waals surface area contributed by atoms with Gasteiger partial charge in [0.05, 0.1) is 22.6 Å². The van der Waals surface area contributed by atoms with Gasteiger partial charge in [-0.15, -0.1) is 0 Å². The van der Waals surface area contributed by atoms with Crippen LogP contribution >= 0.6 is 0 Å². The Morgan fingerprint density at radius 1 is 0.971 bits per heavy atom. The smallest absolute Gasteiger partial charge is 0.266 e. The number of nitrogens with zero attached hydrogens (tertiary/aromatic N) is 3. The summed E-state index contributed by atoms with van der Waals surface area (Å²) in [7, 11) is 0. The van der Waals surface area contributed by atoms with E-state index in [4.69, 9.17) is 4.98 Å². The van der Waals surface area contributed by atoms with Gasteiger partial charge in [-0.3, -0.25) is 14.2 Å². The highest BCUT2D eigenvalue weighted by Crippen LogP contribution is 2.26. The number of amides is 1. The van der Waals surface area contributed by atoms with Crippen LogP contribution in [0.3, 0.4) is 0 Å². The summed E-state index contributed by atoms with van der Waals surface area (Å²) in [6.45, 7) is 8.65. The highest BCUT2D eigenvalue weighted by Gasteiger charge is 2.27. The highest BCUT2D eigenvalue weighted by molar-refractivity contribution is 5.94. The van der Waals surface area contributed by atoms with E-state index >= 15 is 0 Å². The van der Waals surface area contributed by atoms with Gasteiger partial charge in [0.25, 0.3) is 11.5 Å². The van der Waals surface area contributed by atoms with Crippen molar-refractivity contribution in [1.82, 2.24) is 14.5 Å². The molecular formula is C29H31N3O2. The molecule has 0 radical (unpaired) electrons. The van der Waals surface area contributed by atoms with Gasteiger partial charge in [-0.25, -0.2) is 4.98 Å². The van der Waals surface area contributed by atoms with Crippen LogP contribution in [0.4, 0.5) is 0 Å². The minimum atomic E-state index is -0.405. The number of fused-ring (bicyclic) bond motifs is 1. The van der Waals surface area contributed by atoms with Crippen molar-refractivity contribution in [3.05, 3.63) is 106 Å². The van der Waals surface area contributed by atoms with E-state index < -0.39 is 6.04 Å². The lowest BCUT2D eigenvalue weighted by molar-refractivity contribution is 0.0678. The minimum Gasteiger partial charge on any atom is -0.329 e. The molecule has 1 atom stereocenters. The quantitative estimate of drug-likeness (QED) is 0.344. The number of carbonyl (C=O) groups is 1. The van der Waals surface area contributed by atoms with Crippen LogP contribution in [0.5, 0.6) is 0 Å². The fourth-order valence-corrected chi connectivity index (χ4v) is 4.28. The molecule has 5 nitrogen and oxygen atoms in total.